The fraction of sp³-hybridized carbons (Fsp3) is 0.769. The number of hydrogen-bond acceptors (Lipinski definition) is 4. The highest BCUT2D eigenvalue weighted by Gasteiger charge is 2.35. The van der Waals surface area contributed by atoms with E-state index in [4.69, 9.17) is 9.72 Å². The number of rotatable bonds is 5. The zero-order valence-corrected chi connectivity index (χ0v) is 11.8. The molecule has 0 bridgehead atoms. The lowest BCUT2D eigenvalue weighted by atomic mass is 10.0. The monoisotopic (exact) mass is 254 g/mol. The van der Waals surface area contributed by atoms with Crippen molar-refractivity contribution in [2.45, 2.75) is 52.2 Å². The van der Waals surface area contributed by atoms with Crippen LogP contribution < -0.4 is 5.32 Å². The van der Waals surface area contributed by atoms with Crippen LogP contribution in [0.5, 0.6) is 0 Å². The van der Waals surface area contributed by atoms with Crippen LogP contribution in [0, 0.1) is 0 Å². The Morgan fingerprint density at radius 3 is 2.88 bits per heavy atom. The van der Waals surface area contributed by atoms with Crippen LogP contribution >= 0.6 is 11.3 Å². The van der Waals surface area contributed by atoms with Crippen LogP contribution in [-0.2, 0) is 23.3 Å². The maximum absolute atomic E-state index is 5.87. The topological polar surface area (TPSA) is 34.1 Å². The Morgan fingerprint density at radius 2 is 2.29 bits per heavy atom. The molecule has 1 aliphatic rings. The standard InChI is InChI=1S/C13H22N2OS/c1-4-10-11(9-14-5-2)17-12(15-10)13(3)7-6-8-16-13/h14H,4-9H2,1-3H3. The van der Waals surface area contributed by atoms with Gasteiger partial charge in [0, 0.05) is 18.0 Å². The normalized spacial score (nSPS) is 24.4. The zero-order valence-electron chi connectivity index (χ0n) is 11.0. The van der Waals surface area contributed by atoms with Gasteiger partial charge in [-0.2, -0.15) is 0 Å². The minimum absolute atomic E-state index is 0.126. The predicted molar refractivity (Wildman–Crippen MR) is 71.4 cm³/mol. The van der Waals surface area contributed by atoms with Crippen LogP contribution in [0.3, 0.4) is 0 Å². The van der Waals surface area contributed by atoms with Crippen molar-refractivity contribution in [1.82, 2.24) is 10.3 Å². The molecule has 0 aliphatic carbocycles. The molecule has 3 nitrogen and oxygen atoms in total. The van der Waals surface area contributed by atoms with Crippen LogP contribution in [0.15, 0.2) is 0 Å². The van der Waals surface area contributed by atoms with Crippen LogP contribution in [0.2, 0.25) is 0 Å². The molecule has 2 heterocycles. The third-order valence-electron chi connectivity index (χ3n) is 3.32. The molecule has 0 amide bonds. The van der Waals surface area contributed by atoms with E-state index in [1.807, 2.05) is 11.3 Å². The van der Waals surface area contributed by atoms with Crippen LogP contribution in [0.4, 0.5) is 0 Å². The third-order valence-corrected chi connectivity index (χ3v) is 4.66. The second-order valence-corrected chi connectivity index (χ2v) is 5.79. The van der Waals surface area contributed by atoms with Crippen LogP contribution in [0.1, 0.15) is 49.2 Å². The van der Waals surface area contributed by atoms with Gasteiger partial charge in [-0.3, -0.25) is 0 Å². The van der Waals surface area contributed by atoms with E-state index in [-0.39, 0.29) is 5.60 Å². The summed E-state index contributed by atoms with van der Waals surface area (Å²) >= 11 is 1.82. The fourth-order valence-electron chi connectivity index (χ4n) is 2.21. The minimum Gasteiger partial charge on any atom is -0.368 e. The first kappa shape index (κ1) is 13.0. The first-order valence-electron chi connectivity index (χ1n) is 6.53. The summed E-state index contributed by atoms with van der Waals surface area (Å²) in [6, 6.07) is 0. The summed E-state index contributed by atoms with van der Waals surface area (Å²) in [5.74, 6) is 0. The molecular formula is C13H22N2OS. The average molecular weight is 254 g/mol. The summed E-state index contributed by atoms with van der Waals surface area (Å²) in [6.07, 6.45) is 3.26. The lowest BCUT2D eigenvalue weighted by Gasteiger charge is -2.19. The fourth-order valence-corrected chi connectivity index (χ4v) is 3.46. The Kier molecular flexibility index (Phi) is 4.17. The third kappa shape index (κ3) is 2.69. The molecule has 1 N–H and O–H groups in total. The highest BCUT2D eigenvalue weighted by Crippen LogP contribution is 2.38. The first-order chi connectivity index (χ1) is 8.19. The van der Waals surface area contributed by atoms with E-state index in [9.17, 15) is 0 Å². The van der Waals surface area contributed by atoms with Crippen molar-refractivity contribution in [2.75, 3.05) is 13.2 Å². The molecule has 0 aromatic carbocycles. The number of hydrogen-bond donors (Lipinski definition) is 1. The molecule has 4 heteroatoms. The lowest BCUT2D eigenvalue weighted by Crippen LogP contribution is -2.19. The van der Waals surface area contributed by atoms with Gasteiger partial charge in [0.1, 0.15) is 10.6 Å². The van der Waals surface area contributed by atoms with Gasteiger partial charge in [0.15, 0.2) is 0 Å². The molecule has 0 spiro atoms. The Bertz CT molecular complexity index is 369. The molecule has 1 aromatic heterocycles. The van der Waals surface area contributed by atoms with Gasteiger partial charge in [0.05, 0.1) is 5.69 Å². The van der Waals surface area contributed by atoms with Gasteiger partial charge in [0.25, 0.3) is 0 Å². The zero-order chi connectivity index (χ0) is 12.3. The second-order valence-electron chi connectivity index (χ2n) is 4.71. The summed E-state index contributed by atoms with van der Waals surface area (Å²) < 4.78 is 5.87. The van der Waals surface area contributed by atoms with Gasteiger partial charge in [-0.05, 0) is 32.7 Å². The molecule has 2 rings (SSSR count). The van der Waals surface area contributed by atoms with Crippen LogP contribution in [0.25, 0.3) is 0 Å². The van der Waals surface area contributed by atoms with E-state index in [1.165, 1.54) is 15.6 Å². The highest BCUT2D eigenvalue weighted by atomic mass is 32.1. The molecule has 1 fully saturated rings. The number of nitrogens with zero attached hydrogens (tertiary/aromatic N) is 1. The van der Waals surface area contributed by atoms with Gasteiger partial charge >= 0.3 is 0 Å². The highest BCUT2D eigenvalue weighted by molar-refractivity contribution is 7.11. The molecule has 1 saturated heterocycles. The molecular weight excluding hydrogens is 232 g/mol. The predicted octanol–water partition coefficient (Wildman–Crippen LogP) is 2.84. The Hall–Kier alpha value is -0.450. The van der Waals surface area contributed by atoms with Crippen LogP contribution in [-0.4, -0.2) is 18.1 Å². The smallest absolute Gasteiger partial charge is 0.125 e. The van der Waals surface area contributed by atoms with Gasteiger partial charge in [0.2, 0.25) is 0 Å². The van der Waals surface area contributed by atoms with Gasteiger partial charge in [-0.25, -0.2) is 4.98 Å². The SMILES string of the molecule is CCNCc1sc(C2(C)CCCO2)nc1CC. The molecule has 1 aromatic rings. The van der Waals surface area contributed by atoms with Crippen molar-refractivity contribution < 1.29 is 4.74 Å². The van der Waals surface area contributed by atoms with E-state index in [2.05, 4.69) is 26.1 Å². The number of thiazole rings is 1. The molecule has 0 radical (unpaired) electrons. The Balaban J connectivity index is 2.20. The Labute approximate surface area is 108 Å². The maximum atomic E-state index is 5.87. The number of ether oxygens (including phenoxy) is 1. The summed E-state index contributed by atoms with van der Waals surface area (Å²) in [5, 5.41) is 4.55. The van der Waals surface area contributed by atoms with Crippen molar-refractivity contribution in [3.05, 3.63) is 15.6 Å². The van der Waals surface area contributed by atoms with Crippen molar-refractivity contribution in [3.8, 4) is 0 Å². The van der Waals surface area contributed by atoms with Crippen molar-refractivity contribution in [2.24, 2.45) is 0 Å². The molecule has 1 atom stereocenters. The number of aryl methyl sites for hydroxylation is 1. The second kappa shape index (κ2) is 5.46. The summed E-state index contributed by atoms with van der Waals surface area (Å²) in [5.41, 5.74) is 1.11. The molecule has 17 heavy (non-hydrogen) atoms. The molecule has 96 valence electrons. The number of aromatic nitrogens is 1. The molecule has 1 aliphatic heterocycles. The molecule has 0 saturated carbocycles. The van der Waals surface area contributed by atoms with Crippen molar-refractivity contribution in [3.63, 3.8) is 0 Å². The van der Waals surface area contributed by atoms with E-state index in [0.29, 0.717) is 0 Å². The van der Waals surface area contributed by atoms with E-state index < -0.39 is 0 Å². The van der Waals surface area contributed by atoms with E-state index >= 15 is 0 Å². The van der Waals surface area contributed by atoms with E-state index in [0.717, 1.165) is 39.0 Å². The quantitative estimate of drug-likeness (QED) is 0.877. The largest absolute Gasteiger partial charge is 0.368 e. The van der Waals surface area contributed by atoms with Gasteiger partial charge in [-0.15, -0.1) is 11.3 Å². The summed E-state index contributed by atoms with van der Waals surface area (Å²) in [4.78, 5) is 6.16. The lowest BCUT2D eigenvalue weighted by molar-refractivity contribution is 0.0165. The number of nitrogens with one attached hydrogen (secondary N) is 1. The Morgan fingerprint density at radius 1 is 1.47 bits per heavy atom. The van der Waals surface area contributed by atoms with E-state index in [1.54, 1.807) is 0 Å². The first-order valence-corrected chi connectivity index (χ1v) is 7.35. The van der Waals surface area contributed by atoms with Crippen molar-refractivity contribution >= 4 is 11.3 Å². The maximum Gasteiger partial charge on any atom is 0.125 e. The average Bonchev–Trinajstić information content (AvgIpc) is 2.93. The van der Waals surface area contributed by atoms with Gasteiger partial charge < -0.3 is 10.1 Å². The summed E-state index contributed by atoms with van der Waals surface area (Å²) in [7, 11) is 0. The summed E-state index contributed by atoms with van der Waals surface area (Å²) in [6.45, 7) is 9.30. The van der Waals surface area contributed by atoms with Crippen molar-refractivity contribution in [1.29, 1.82) is 0 Å². The van der Waals surface area contributed by atoms with Gasteiger partial charge in [-0.1, -0.05) is 13.8 Å². The minimum atomic E-state index is -0.126. The molecule has 1 unspecified atom stereocenters.